The number of hydrogen-bond acceptors (Lipinski definition) is 0. The zero-order valence-corrected chi connectivity index (χ0v) is 12.7. The molecule has 1 heterocycles. The zero-order chi connectivity index (χ0) is 12.5. The third kappa shape index (κ3) is 2.10. The van der Waals surface area contributed by atoms with Crippen LogP contribution in [0.3, 0.4) is 0 Å². The maximum Gasteiger partial charge on any atom is 0.0486 e. The number of hydrogen-bond donors (Lipinski definition) is 0. The lowest BCUT2D eigenvalue weighted by Crippen LogP contribution is -2.08. The summed E-state index contributed by atoms with van der Waals surface area (Å²) in [6, 6.07) is 6.66. The average molecular weight is 327 g/mol. The molecule has 0 saturated carbocycles. The van der Waals surface area contributed by atoms with Gasteiger partial charge in [-0.25, -0.2) is 0 Å². The van der Waals surface area contributed by atoms with E-state index in [4.69, 9.17) is 11.6 Å². The first kappa shape index (κ1) is 12.6. The highest BCUT2D eigenvalue weighted by molar-refractivity contribution is 9.10. The largest absolute Gasteiger partial charge is 0.344 e. The molecule has 1 nitrogen and oxygen atoms in total. The summed E-state index contributed by atoms with van der Waals surface area (Å²) in [7, 11) is 0. The Morgan fingerprint density at radius 1 is 1.22 bits per heavy atom. The first-order chi connectivity index (χ1) is 8.81. The van der Waals surface area contributed by atoms with Crippen LogP contribution in [0.4, 0.5) is 0 Å². The Hall–Kier alpha value is -0.470. The lowest BCUT2D eigenvalue weighted by molar-refractivity contribution is 0.608. The van der Waals surface area contributed by atoms with Gasteiger partial charge in [0.25, 0.3) is 0 Å². The first-order valence-electron chi connectivity index (χ1n) is 6.66. The van der Waals surface area contributed by atoms with Crippen LogP contribution in [0.5, 0.6) is 0 Å². The van der Waals surface area contributed by atoms with Gasteiger partial charge in [-0.05, 0) is 55.9 Å². The van der Waals surface area contributed by atoms with E-state index in [0.717, 1.165) is 18.8 Å². The second-order valence-corrected chi connectivity index (χ2v) is 6.28. The highest BCUT2D eigenvalue weighted by Gasteiger charge is 2.19. The van der Waals surface area contributed by atoms with E-state index in [1.165, 1.54) is 41.1 Å². The quantitative estimate of drug-likeness (QED) is 0.706. The molecule has 3 heteroatoms. The van der Waals surface area contributed by atoms with Crippen LogP contribution >= 0.6 is 27.5 Å². The van der Waals surface area contributed by atoms with Gasteiger partial charge in [0.05, 0.1) is 0 Å². The van der Waals surface area contributed by atoms with E-state index in [-0.39, 0.29) is 0 Å². The molecule has 0 saturated heterocycles. The standard InChI is InChI=1S/C15H17BrClN/c16-11-6-7-15-13(10-11)12-4-1-2-5-14(12)18(15)9-3-8-17/h6-7,10H,1-5,8-9H2. The van der Waals surface area contributed by atoms with E-state index >= 15 is 0 Å². The predicted octanol–water partition coefficient (Wildman–Crippen LogP) is 4.91. The summed E-state index contributed by atoms with van der Waals surface area (Å²) < 4.78 is 3.68. The van der Waals surface area contributed by atoms with E-state index in [9.17, 15) is 0 Å². The molecule has 3 rings (SSSR count). The lowest BCUT2D eigenvalue weighted by atomic mass is 9.95. The summed E-state index contributed by atoms with van der Waals surface area (Å²) in [5.74, 6) is 0.741. The Labute approximate surface area is 121 Å². The predicted molar refractivity (Wildman–Crippen MR) is 81.6 cm³/mol. The number of halogens is 2. The summed E-state index contributed by atoms with van der Waals surface area (Å²) in [5, 5.41) is 1.44. The molecule has 0 N–H and O–H groups in total. The van der Waals surface area contributed by atoms with Gasteiger partial charge in [0.1, 0.15) is 0 Å². The fourth-order valence-electron chi connectivity index (χ4n) is 3.08. The molecule has 0 spiro atoms. The first-order valence-corrected chi connectivity index (χ1v) is 7.99. The van der Waals surface area contributed by atoms with E-state index in [0.29, 0.717) is 0 Å². The second-order valence-electron chi connectivity index (χ2n) is 4.99. The molecular weight excluding hydrogens is 310 g/mol. The van der Waals surface area contributed by atoms with E-state index in [1.807, 2.05) is 0 Å². The Morgan fingerprint density at radius 2 is 2.06 bits per heavy atom. The number of benzene rings is 1. The van der Waals surface area contributed by atoms with Crippen LogP contribution in [0.2, 0.25) is 0 Å². The topological polar surface area (TPSA) is 4.93 Å². The van der Waals surface area contributed by atoms with Crippen molar-refractivity contribution in [3.8, 4) is 0 Å². The number of aryl methyl sites for hydroxylation is 2. The molecule has 0 bridgehead atoms. The van der Waals surface area contributed by atoms with Crippen molar-refractivity contribution in [3.63, 3.8) is 0 Å². The van der Waals surface area contributed by atoms with Gasteiger partial charge in [0, 0.05) is 33.5 Å². The maximum atomic E-state index is 5.86. The van der Waals surface area contributed by atoms with Gasteiger partial charge in [-0.2, -0.15) is 0 Å². The van der Waals surface area contributed by atoms with Crippen LogP contribution in [0, 0.1) is 0 Å². The van der Waals surface area contributed by atoms with Crippen molar-refractivity contribution in [2.24, 2.45) is 0 Å². The second kappa shape index (κ2) is 5.26. The van der Waals surface area contributed by atoms with Gasteiger partial charge < -0.3 is 4.57 Å². The van der Waals surface area contributed by atoms with Gasteiger partial charge >= 0.3 is 0 Å². The van der Waals surface area contributed by atoms with Crippen molar-refractivity contribution in [2.45, 2.75) is 38.6 Å². The zero-order valence-electron chi connectivity index (χ0n) is 10.4. The molecule has 0 atom stereocenters. The number of rotatable bonds is 3. The molecule has 2 aromatic rings. The van der Waals surface area contributed by atoms with E-state index < -0.39 is 0 Å². The third-order valence-electron chi connectivity index (χ3n) is 3.85. The minimum atomic E-state index is 0.741. The Balaban J connectivity index is 2.19. The Morgan fingerprint density at radius 3 is 2.89 bits per heavy atom. The summed E-state index contributed by atoms with van der Waals surface area (Å²) >= 11 is 9.45. The SMILES string of the molecule is ClCCCn1c2c(c3cc(Br)ccc31)CCCC2. The summed E-state index contributed by atoms with van der Waals surface area (Å²) in [4.78, 5) is 0. The molecule has 1 aromatic heterocycles. The van der Waals surface area contributed by atoms with Crippen LogP contribution in [0.25, 0.3) is 10.9 Å². The minimum Gasteiger partial charge on any atom is -0.344 e. The van der Waals surface area contributed by atoms with Crippen molar-refractivity contribution in [3.05, 3.63) is 33.9 Å². The normalized spacial score (nSPS) is 15.0. The molecular formula is C15H17BrClN. The molecule has 0 radical (unpaired) electrons. The molecule has 0 fully saturated rings. The molecule has 0 amide bonds. The minimum absolute atomic E-state index is 0.741. The van der Waals surface area contributed by atoms with Crippen LogP contribution in [-0.4, -0.2) is 10.4 Å². The van der Waals surface area contributed by atoms with Crippen LogP contribution in [0.15, 0.2) is 22.7 Å². The smallest absolute Gasteiger partial charge is 0.0486 e. The summed E-state index contributed by atoms with van der Waals surface area (Å²) in [6.07, 6.45) is 6.16. The van der Waals surface area contributed by atoms with Gasteiger partial charge in [-0.3, -0.25) is 0 Å². The van der Waals surface area contributed by atoms with Crippen molar-refractivity contribution >= 4 is 38.4 Å². The molecule has 0 aliphatic heterocycles. The number of nitrogens with zero attached hydrogens (tertiary/aromatic N) is 1. The van der Waals surface area contributed by atoms with Crippen molar-refractivity contribution in [2.75, 3.05) is 5.88 Å². The Kier molecular flexibility index (Phi) is 3.67. The molecule has 96 valence electrons. The molecule has 1 aliphatic rings. The van der Waals surface area contributed by atoms with E-state index in [1.54, 1.807) is 11.3 Å². The van der Waals surface area contributed by atoms with Gasteiger partial charge in [-0.15, -0.1) is 11.6 Å². The molecule has 18 heavy (non-hydrogen) atoms. The van der Waals surface area contributed by atoms with Crippen molar-refractivity contribution in [1.82, 2.24) is 4.57 Å². The third-order valence-corrected chi connectivity index (χ3v) is 4.61. The fraction of sp³-hybridized carbons (Fsp3) is 0.467. The van der Waals surface area contributed by atoms with Gasteiger partial charge in [0.15, 0.2) is 0 Å². The Bertz CT molecular complexity index is 573. The number of aromatic nitrogens is 1. The number of alkyl halides is 1. The van der Waals surface area contributed by atoms with Crippen molar-refractivity contribution in [1.29, 1.82) is 0 Å². The highest BCUT2D eigenvalue weighted by atomic mass is 79.9. The summed E-state index contributed by atoms with van der Waals surface area (Å²) in [6.45, 7) is 1.05. The molecule has 1 aliphatic carbocycles. The van der Waals surface area contributed by atoms with Crippen LogP contribution < -0.4 is 0 Å². The lowest BCUT2D eigenvalue weighted by Gasteiger charge is -2.15. The highest BCUT2D eigenvalue weighted by Crippen LogP contribution is 2.33. The van der Waals surface area contributed by atoms with Gasteiger partial charge in [0.2, 0.25) is 0 Å². The summed E-state index contributed by atoms with van der Waals surface area (Å²) in [5.41, 5.74) is 4.52. The molecule has 0 unspecified atom stereocenters. The van der Waals surface area contributed by atoms with Gasteiger partial charge in [-0.1, -0.05) is 15.9 Å². The van der Waals surface area contributed by atoms with Crippen LogP contribution in [0.1, 0.15) is 30.5 Å². The van der Waals surface area contributed by atoms with Crippen molar-refractivity contribution < 1.29 is 0 Å². The average Bonchev–Trinajstić information content (AvgIpc) is 2.70. The van der Waals surface area contributed by atoms with E-state index in [2.05, 4.69) is 38.7 Å². The fourth-order valence-corrected chi connectivity index (χ4v) is 3.56. The number of fused-ring (bicyclic) bond motifs is 3. The van der Waals surface area contributed by atoms with Crippen LogP contribution in [-0.2, 0) is 19.4 Å². The molecule has 1 aromatic carbocycles. The maximum absolute atomic E-state index is 5.86. The monoisotopic (exact) mass is 325 g/mol.